The lowest BCUT2D eigenvalue weighted by atomic mass is 9.69. The summed E-state index contributed by atoms with van der Waals surface area (Å²) in [6.07, 6.45) is 3.70. The van der Waals surface area contributed by atoms with Crippen molar-refractivity contribution >= 4 is 0 Å². The zero-order valence-electron chi connectivity index (χ0n) is 10.5. The molecule has 3 rings (SSSR count). The van der Waals surface area contributed by atoms with Crippen molar-refractivity contribution in [1.29, 1.82) is 0 Å². The van der Waals surface area contributed by atoms with Gasteiger partial charge in [0.1, 0.15) is 17.3 Å². The molecule has 2 saturated heterocycles. The van der Waals surface area contributed by atoms with Crippen LogP contribution >= 0.6 is 0 Å². The van der Waals surface area contributed by atoms with Crippen molar-refractivity contribution in [2.24, 2.45) is 11.8 Å². The van der Waals surface area contributed by atoms with Gasteiger partial charge in [0, 0.05) is 11.8 Å². The third-order valence-corrected chi connectivity index (χ3v) is 4.87. The number of aliphatic hydroxyl groups is 2. The monoisotopic (exact) mass is 240 g/mol. The number of aliphatic hydroxyl groups excluding tert-OH is 1. The van der Waals surface area contributed by atoms with Gasteiger partial charge in [-0.15, -0.1) is 0 Å². The van der Waals surface area contributed by atoms with E-state index < -0.39 is 11.2 Å². The minimum absolute atomic E-state index is 0.0223. The molecule has 0 radical (unpaired) electrons. The third kappa shape index (κ3) is 1.32. The van der Waals surface area contributed by atoms with E-state index in [-0.39, 0.29) is 36.8 Å². The average Bonchev–Trinajstić information content (AvgIpc) is 2.82. The number of hydrogen-bond donors (Lipinski definition) is 2. The fourth-order valence-electron chi connectivity index (χ4n) is 3.42. The minimum atomic E-state index is -0.922. The molecule has 4 heteroatoms. The molecule has 0 saturated carbocycles. The first-order valence-corrected chi connectivity index (χ1v) is 6.28. The molecule has 0 aliphatic carbocycles. The molecule has 96 valence electrons. The van der Waals surface area contributed by atoms with E-state index in [0.717, 1.165) is 0 Å². The zero-order chi connectivity index (χ0) is 12.4. The third-order valence-electron chi connectivity index (χ3n) is 4.87. The van der Waals surface area contributed by atoms with Crippen LogP contribution in [0.4, 0.5) is 0 Å². The molecule has 2 fully saturated rings. The standard InChI is InChI=1S/C13H20O4/c1-7-9-4-5-10(16-9)8(2)13(7,15)11-12(3,6-14)17-11/h4-5,7-11,14-15H,6H2,1-3H3/t7-,8+,9+,10-,11-,12+,13?/m0/s1. The molecular weight excluding hydrogens is 220 g/mol. The van der Waals surface area contributed by atoms with Crippen LogP contribution in [0.1, 0.15) is 20.8 Å². The molecule has 17 heavy (non-hydrogen) atoms. The second kappa shape index (κ2) is 3.32. The highest BCUT2D eigenvalue weighted by Crippen LogP contribution is 2.54. The van der Waals surface area contributed by atoms with Crippen molar-refractivity contribution in [3.63, 3.8) is 0 Å². The van der Waals surface area contributed by atoms with Crippen molar-refractivity contribution in [3.8, 4) is 0 Å². The molecule has 2 bridgehead atoms. The largest absolute Gasteiger partial charge is 0.393 e. The van der Waals surface area contributed by atoms with Crippen LogP contribution in [-0.4, -0.2) is 46.3 Å². The Labute approximate surface area is 101 Å². The Morgan fingerprint density at radius 3 is 2.12 bits per heavy atom. The molecule has 7 atom stereocenters. The number of epoxide rings is 1. The maximum Gasteiger partial charge on any atom is 0.119 e. The summed E-state index contributed by atoms with van der Waals surface area (Å²) in [5.74, 6) is -0.0447. The van der Waals surface area contributed by atoms with Gasteiger partial charge in [0.05, 0.1) is 18.8 Å². The van der Waals surface area contributed by atoms with Crippen LogP contribution < -0.4 is 0 Å². The SMILES string of the molecule is C[C@@H]1[C@@H]2C=C[C@@H](O2)[C@H](C)C1(O)[C@H]1O[C@]1(C)CO. The van der Waals surface area contributed by atoms with Crippen LogP contribution in [0.5, 0.6) is 0 Å². The summed E-state index contributed by atoms with van der Waals surface area (Å²) in [7, 11) is 0. The molecule has 0 aromatic heterocycles. The first-order valence-electron chi connectivity index (χ1n) is 6.28. The van der Waals surface area contributed by atoms with Crippen LogP contribution in [0.25, 0.3) is 0 Å². The molecule has 0 spiro atoms. The number of hydrogen-bond acceptors (Lipinski definition) is 4. The summed E-state index contributed by atoms with van der Waals surface area (Å²) < 4.78 is 11.4. The Morgan fingerprint density at radius 1 is 1.18 bits per heavy atom. The molecule has 3 aliphatic heterocycles. The fourth-order valence-corrected chi connectivity index (χ4v) is 3.42. The summed E-state index contributed by atoms with van der Waals surface area (Å²) in [5, 5.41) is 20.4. The van der Waals surface area contributed by atoms with Crippen LogP contribution in [0.2, 0.25) is 0 Å². The summed E-state index contributed by atoms with van der Waals surface area (Å²) in [6, 6.07) is 0. The summed E-state index contributed by atoms with van der Waals surface area (Å²) >= 11 is 0. The van der Waals surface area contributed by atoms with Gasteiger partial charge in [-0.25, -0.2) is 0 Å². The summed E-state index contributed by atoms with van der Waals surface area (Å²) in [6.45, 7) is 5.78. The first kappa shape index (κ1) is 11.7. The highest BCUT2D eigenvalue weighted by atomic mass is 16.6. The van der Waals surface area contributed by atoms with Crippen molar-refractivity contribution in [2.45, 2.75) is 50.3 Å². The molecule has 2 N–H and O–H groups in total. The van der Waals surface area contributed by atoms with E-state index in [2.05, 4.69) is 0 Å². The highest BCUT2D eigenvalue weighted by Gasteiger charge is 2.69. The van der Waals surface area contributed by atoms with E-state index >= 15 is 0 Å². The van der Waals surface area contributed by atoms with Gasteiger partial charge < -0.3 is 19.7 Å². The zero-order valence-corrected chi connectivity index (χ0v) is 10.5. The van der Waals surface area contributed by atoms with E-state index in [9.17, 15) is 10.2 Å². The van der Waals surface area contributed by atoms with Crippen molar-refractivity contribution in [3.05, 3.63) is 12.2 Å². The Hall–Kier alpha value is -0.420. The van der Waals surface area contributed by atoms with Gasteiger partial charge in [-0.05, 0) is 6.92 Å². The predicted octanol–water partition coefficient (Wildman–Crippen LogP) is 0.477. The minimum Gasteiger partial charge on any atom is -0.393 e. The molecule has 0 amide bonds. The van der Waals surface area contributed by atoms with Crippen molar-refractivity contribution < 1.29 is 19.7 Å². The lowest BCUT2D eigenvalue weighted by molar-refractivity contribution is -0.190. The highest BCUT2D eigenvalue weighted by molar-refractivity contribution is 5.23. The van der Waals surface area contributed by atoms with Crippen LogP contribution in [-0.2, 0) is 9.47 Å². The van der Waals surface area contributed by atoms with Gasteiger partial charge in [-0.2, -0.15) is 0 Å². The maximum absolute atomic E-state index is 11.0. The van der Waals surface area contributed by atoms with E-state index in [1.54, 1.807) is 0 Å². The van der Waals surface area contributed by atoms with Crippen LogP contribution in [0.3, 0.4) is 0 Å². The topological polar surface area (TPSA) is 62.2 Å². The first-order chi connectivity index (χ1) is 7.93. The predicted molar refractivity (Wildman–Crippen MR) is 61.4 cm³/mol. The van der Waals surface area contributed by atoms with Gasteiger partial charge in [0.15, 0.2) is 0 Å². The maximum atomic E-state index is 11.0. The smallest absolute Gasteiger partial charge is 0.119 e. The van der Waals surface area contributed by atoms with E-state index in [0.29, 0.717) is 0 Å². The van der Waals surface area contributed by atoms with E-state index in [1.165, 1.54) is 0 Å². The van der Waals surface area contributed by atoms with Crippen LogP contribution in [0.15, 0.2) is 12.2 Å². The van der Waals surface area contributed by atoms with Gasteiger partial charge >= 0.3 is 0 Å². The summed E-state index contributed by atoms with van der Waals surface area (Å²) in [4.78, 5) is 0. The molecule has 0 aromatic rings. The van der Waals surface area contributed by atoms with Crippen LogP contribution in [0, 0.1) is 11.8 Å². The molecule has 3 aliphatic rings. The van der Waals surface area contributed by atoms with E-state index in [1.807, 2.05) is 32.9 Å². The Balaban J connectivity index is 1.92. The second-order valence-electron chi connectivity index (χ2n) is 5.88. The molecule has 3 heterocycles. The van der Waals surface area contributed by atoms with Gasteiger partial charge in [-0.3, -0.25) is 0 Å². The molecule has 4 nitrogen and oxygen atoms in total. The Bertz CT molecular complexity index is 348. The second-order valence-corrected chi connectivity index (χ2v) is 5.88. The normalized spacial score (nSPS) is 60.6. The Kier molecular flexibility index (Phi) is 2.28. The van der Waals surface area contributed by atoms with Gasteiger partial charge in [0.25, 0.3) is 0 Å². The van der Waals surface area contributed by atoms with E-state index in [4.69, 9.17) is 9.47 Å². The lowest BCUT2D eigenvalue weighted by Gasteiger charge is -2.46. The lowest BCUT2D eigenvalue weighted by Crippen LogP contribution is -2.60. The quantitative estimate of drug-likeness (QED) is 0.544. The summed E-state index contributed by atoms with van der Waals surface area (Å²) in [5.41, 5.74) is -1.51. The van der Waals surface area contributed by atoms with Crippen molar-refractivity contribution in [1.82, 2.24) is 0 Å². The number of ether oxygens (including phenoxy) is 2. The van der Waals surface area contributed by atoms with Gasteiger partial charge in [0.2, 0.25) is 0 Å². The average molecular weight is 240 g/mol. The molecule has 1 unspecified atom stereocenters. The fraction of sp³-hybridized carbons (Fsp3) is 0.846. The number of fused-ring (bicyclic) bond motifs is 2. The molecule has 0 aromatic carbocycles. The molecular formula is C13H20O4. The van der Waals surface area contributed by atoms with Crippen molar-refractivity contribution in [2.75, 3.05) is 6.61 Å². The van der Waals surface area contributed by atoms with Gasteiger partial charge in [-0.1, -0.05) is 26.0 Å². The number of rotatable bonds is 2. The Morgan fingerprint density at radius 2 is 1.71 bits per heavy atom.